The van der Waals surface area contributed by atoms with E-state index in [1.807, 2.05) is 27.7 Å². The van der Waals surface area contributed by atoms with Crippen molar-refractivity contribution in [2.24, 2.45) is 0 Å². The van der Waals surface area contributed by atoms with Gasteiger partial charge in [-0.2, -0.15) is 0 Å². The van der Waals surface area contributed by atoms with Gasteiger partial charge >= 0.3 is 58.2 Å². The van der Waals surface area contributed by atoms with Crippen LogP contribution < -0.4 is 58.2 Å². The number of rotatable bonds is 2. The van der Waals surface area contributed by atoms with Crippen molar-refractivity contribution in [2.75, 3.05) is 0 Å². The number of nitrogens with zero attached hydrogens (tertiary/aromatic N) is 1. The van der Waals surface area contributed by atoms with Crippen molar-refractivity contribution in [2.45, 2.75) is 40.7 Å². The van der Waals surface area contributed by atoms with Crippen molar-refractivity contribution in [3.05, 3.63) is 16.5 Å². The van der Waals surface area contributed by atoms with Crippen molar-refractivity contribution in [1.82, 2.24) is 0 Å². The average molecular weight is 240 g/mol. The maximum atomic E-state index is 10.6. The van der Waals surface area contributed by atoms with Gasteiger partial charge in [-0.1, -0.05) is 24.1 Å². The minimum Gasteiger partial charge on any atom is -0.648 e. The van der Waals surface area contributed by atoms with Gasteiger partial charge in [0.05, 0.1) is 0 Å². The molecule has 1 unspecified atom stereocenters. The Hall–Kier alpha value is 1.02. The van der Waals surface area contributed by atoms with Crippen LogP contribution in [-0.4, -0.2) is 11.9 Å². The van der Waals surface area contributed by atoms with Gasteiger partial charge in [0.2, 0.25) is 0 Å². The zero-order valence-corrected chi connectivity index (χ0v) is 13.8. The maximum absolute atomic E-state index is 10.6. The Morgan fingerprint density at radius 3 is 1.83 bits per heavy atom. The molecule has 1 atom stereocenters. The third-order valence-corrected chi connectivity index (χ3v) is 1.79. The summed E-state index contributed by atoms with van der Waals surface area (Å²) < 4.78 is 0. The topological polar surface area (TPSA) is 31.2 Å². The van der Waals surface area contributed by atoms with E-state index in [4.69, 9.17) is 0 Å². The number of carbonyl (C=O) groups excluding carboxylic acids is 1. The Morgan fingerprint density at radius 2 is 1.58 bits per heavy atom. The molecule has 0 aliphatic carbocycles. The molecule has 2 nitrogen and oxygen atoms in total. The van der Waals surface area contributed by atoms with Crippen LogP contribution in [0.3, 0.4) is 0 Å². The van der Waals surface area contributed by atoms with E-state index in [0.29, 0.717) is 0 Å². The van der Waals surface area contributed by atoms with Crippen LogP contribution in [0.15, 0.2) is 11.1 Å². The Morgan fingerprint density at radius 1 is 1.17 bits per heavy atom. The normalized spacial score (nSPS) is 11.1. The molecule has 0 heterocycles. The molecule has 0 saturated heterocycles. The SMILES string of the molecule is CC(=O)[N-]C(C)C(C)=C(C)C.[Rb+]. The van der Waals surface area contributed by atoms with Crippen molar-refractivity contribution in [3.63, 3.8) is 0 Å². The second kappa shape index (κ2) is 7.42. The second-order valence-corrected chi connectivity index (χ2v) is 3.01. The van der Waals surface area contributed by atoms with Crippen LogP contribution in [0.4, 0.5) is 0 Å². The van der Waals surface area contributed by atoms with Crippen molar-refractivity contribution in [3.8, 4) is 0 Å². The molecule has 1 amide bonds. The zero-order chi connectivity index (χ0) is 9.02. The molecule has 0 bridgehead atoms. The first kappa shape index (κ1) is 15.5. The predicted octanol–water partition coefficient (Wildman–Crippen LogP) is -0.345. The van der Waals surface area contributed by atoms with Gasteiger partial charge in [-0.25, -0.2) is 0 Å². The zero-order valence-electron chi connectivity index (χ0n) is 8.93. The molecule has 64 valence electrons. The molecule has 0 aliphatic heterocycles. The van der Waals surface area contributed by atoms with Gasteiger partial charge in [0.25, 0.3) is 0 Å². The van der Waals surface area contributed by atoms with E-state index in [1.165, 1.54) is 18.1 Å². The Labute approximate surface area is 124 Å². The summed E-state index contributed by atoms with van der Waals surface area (Å²) in [5.41, 5.74) is 2.42. The van der Waals surface area contributed by atoms with E-state index in [2.05, 4.69) is 5.32 Å². The van der Waals surface area contributed by atoms with Crippen molar-refractivity contribution < 1.29 is 63.0 Å². The molecule has 0 spiro atoms. The van der Waals surface area contributed by atoms with Gasteiger partial charge in [-0.05, 0) is 27.7 Å². The number of hydrogen-bond acceptors (Lipinski definition) is 1. The van der Waals surface area contributed by atoms with Gasteiger partial charge in [0.1, 0.15) is 0 Å². The number of amides is 1. The molecule has 0 aromatic carbocycles. The Bertz CT molecular complexity index is 183. The molecule has 0 aromatic heterocycles. The summed E-state index contributed by atoms with van der Waals surface area (Å²) in [4.78, 5) is 10.6. The molecule has 0 N–H and O–H groups in total. The fourth-order valence-electron chi connectivity index (χ4n) is 0.787. The fraction of sp³-hybridized carbons (Fsp3) is 0.667. The first-order valence-electron chi connectivity index (χ1n) is 3.80. The summed E-state index contributed by atoms with van der Waals surface area (Å²) in [6.45, 7) is 9.48. The van der Waals surface area contributed by atoms with Gasteiger partial charge in [-0.3, -0.25) is 0 Å². The molecular formula is C9H16NORb. The van der Waals surface area contributed by atoms with Crippen LogP contribution in [0.2, 0.25) is 0 Å². The fourth-order valence-corrected chi connectivity index (χ4v) is 0.787. The second-order valence-electron chi connectivity index (χ2n) is 3.01. The van der Waals surface area contributed by atoms with Crippen LogP contribution in [-0.2, 0) is 4.79 Å². The van der Waals surface area contributed by atoms with Gasteiger partial charge in [-0.15, -0.1) is 0 Å². The first-order chi connectivity index (χ1) is 4.95. The van der Waals surface area contributed by atoms with E-state index >= 15 is 0 Å². The number of carbonyl (C=O) groups is 1. The van der Waals surface area contributed by atoms with E-state index < -0.39 is 0 Å². The Balaban J connectivity index is 0. The minimum absolute atomic E-state index is 0. The van der Waals surface area contributed by atoms with Crippen LogP contribution in [0.5, 0.6) is 0 Å². The summed E-state index contributed by atoms with van der Waals surface area (Å²) in [6.07, 6.45) is 0. The molecule has 0 rings (SSSR count). The quantitative estimate of drug-likeness (QED) is 0.607. The molecule has 12 heavy (non-hydrogen) atoms. The number of allylic oxidation sites excluding steroid dienone is 1. The summed E-state index contributed by atoms with van der Waals surface area (Å²) in [5.74, 6) is -0.0990. The van der Waals surface area contributed by atoms with Gasteiger partial charge in [0.15, 0.2) is 0 Å². The minimum atomic E-state index is -0.0990. The van der Waals surface area contributed by atoms with Crippen LogP contribution in [0, 0.1) is 0 Å². The summed E-state index contributed by atoms with van der Waals surface area (Å²) in [5, 5.41) is 3.90. The largest absolute Gasteiger partial charge is 1.00 e. The monoisotopic (exact) mass is 239 g/mol. The van der Waals surface area contributed by atoms with E-state index in [1.54, 1.807) is 0 Å². The van der Waals surface area contributed by atoms with Crippen LogP contribution >= 0.6 is 0 Å². The Kier molecular flexibility index (Phi) is 9.58. The molecule has 3 heteroatoms. The van der Waals surface area contributed by atoms with Crippen LogP contribution in [0.25, 0.3) is 5.32 Å². The summed E-state index contributed by atoms with van der Waals surface area (Å²) in [6, 6.07) is 0.0394. The van der Waals surface area contributed by atoms with E-state index in [9.17, 15) is 4.79 Å². The van der Waals surface area contributed by atoms with E-state index in [-0.39, 0.29) is 70.1 Å². The predicted molar refractivity (Wildman–Crippen MR) is 47.6 cm³/mol. The molecule has 0 radical (unpaired) electrons. The third kappa shape index (κ3) is 6.52. The molecule has 0 saturated carbocycles. The molecule has 0 fully saturated rings. The van der Waals surface area contributed by atoms with Crippen LogP contribution in [0.1, 0.15) is 34.6 Å². The average Bonchev–Trinajstić information content (AvgIpc) is 1.84. The smallest absolute Gasteiger partial charge is 0.648 e. The molecular weight excluding hydrogens is 224 g/mol. The van der Waals surface area contributed by atoms with Crippen molar-refractivity contribution in [1.29, 1.82) is 0 Å². The summed E-state index contributed by atoms with van der Waals surface area (Å²) in [7, 11) is 0. The van der Waals surface area contributed by atoms with Crippen molar-refractivity contribution >= 4 is 5.91 Å². The standard InChI is InChI=1S/C9H17NO.Rb/c1-6(2)7(3)8(4)10-9(5)11;/h8H,1-5H3,(H,10,11);/q;+1/p-1. The summed E-state index contributed by atoms with van der Waals surface area (Å²) >= 11 is 0. The van der Waals surface area contributed by atoms with Gasteiger partial charge < -0.3 is 10.1 Å². The molecule has 0 aromatic rings. The van der Waals surface area contributed by atoms with Gasteiger partial charge in [0, 0.05) is 5.91 Å². The van der Waals surface area contributed by atoms with E-state index in [0.717, 1.165) is 0 Å². The number of hydrogen-bond donors (Lipinski definition) is 0. The maximum Gasteiger partial charge on any atom is 1.00 e. The first-order valence-corrected chi connectivity index (χ1v) is 3.80. The molecule has 0 aliphatic rings. The third-order valence-electron chi connectivity index (χ3n) is 1.79.